The Bertz CT molecular complexity index is 603. The number of aryl methyl sites for hydroxylation is 1. The minimum Gasteiger partial charge on any atom is -0.497 e. The topological polar surface area (TPSA) is 64.3 Å². The first-order chi connectivity index (χ1) is 11.2. The lowest BCUT2D eigenvalue weighted by Crippen LogP contribution is -2.42. The molecule has 0 fully saturated rings. The second-order valence-electron chi connectivity index (χ2n) is 5.54. The SMILES string of the molecule is COc1ccc(CCCNC(=O)[C@@H](N)Cc2ccccc2)cc1.Cl. The molecule has 5 heteroatoms. The van der Waals surface area contributed by atoms with E-state index in [0.29, 0.717) is 13.0 Å². The van der Waals surface area contributed by atoms with E-state index in [0.717, 1.165) is 24.2 Å². The molecule has 1 atom stereocenters. The summed E-state index contributed by atoms with van der Waals surface area (Å²) in [4.78, 5) is 12.0. The van der Waals surface area contributed by atoms with Crippen LogP contribution in [-0.2, 0) is 17.6 Å². The highest BCUT2D eigenvalue weighted by atomic mass is 35.5. The van der Waals surface area contributed by atoms with Gasteiger partial charge in [-0.2, -0.15) is 0 Å². The second kappa shape index (κ2) is 10.7. The molecule has 0 bridgehead atoms. The van der Waals surface area contributed by atoms with E-state index in [-0.39, 0.29) is 18.3 Å². The number of nitrogens with two attached hydrogens (primary N) is 1. The minimum absolute atomic E-state index is 0. The number of methoxy groups -OCH3 is 1. The fraction of sp³-hybridized carbons (Fsp3) is 0.316. The van der Waals surface area contributed by atoms with Crippen molar-refractivity contribution in [1.82, 2.24) is 5.32 Å². The molecule has 1 amide bonds. The maximum Gasteiger partial charge on any atom is 0.237 e. The predicted molar refractivity (Wildman–Crippen MR) is 99.7 cm³/mol. The zero-order valence-electron chi connectivity index (χ0n) is 13.9. The Morgan fingerprint density at radius 1 is 1.08 bits per heavy atom. The van der Waals surface area contributed by atoms with E-state index in [2.05, 4.69) is 5.32 Å². The summed E-state index contributed by atoms with van der Waals surface area (Å²) in [6.45, 7) is 0.632. The van der Waals surface area contributed by atoms with Gasteiger partial charge in [-0.05, 0) is 42.5 Å². The van der Waals surface area contributed by atoms with E-state index in [9.17, 15) is 4.79 Å². The number of hydrogen-bond donors (Lipinski definition) is 2. The smallest absolute Gasteiger partial charge is 0.237 e. The summed E-state index contributed by atoms with van der Waals surface area (Å²) in [6, 6.07) is 17.3. The van der Waals surface area contributed by atoms with Gasteiger partial charge in [0.05, 0.1) is 13.2 Å². The highest BCUT2D eigenvalue weighted by Gasteiger charge is 2.13. The molecule has 4 nitrogen and oxygen atoms in total. The molecular weight excluding hydrogens is 324 g/mol. The number of amides is 1. The molecule has 2 aromatic carbocycles. The lowest BCUT2D eigenvalue weighted by atomic mass is 10.1. The van der Waals surface area contributed by atoms with Gasteiger partial charge in [0.2, 0.25) is 5.91 Å². The van der Waals surface area contributed by atoms with Gasteiger partial charge in [0.1, 0.15) is 5.75 Å². The van der Waals surface area contributed by atoms with E-state index in [4.69, 9.17) is 10.5 Å². The van der Waals surface area contributed by atoms with Crippen molar-refractivity contribution < 1.29 is 9.53 Å². The normalized spacial score (nSPS) is 11.2. The third kappa shape index (κ3) is 6.60. The minimum atomic E-state index is -0.501. The van der Waals surface area contributed by atoms with Crippen molar-refractivity contribution in [2.45, 2.75) is 25.3 Å². The molecular formula is C19H25ClN2O2. The van der Waals surface area contributed by atoms with Crippen LogP contribution in [0.4, 0.5) is 0 Å². The van der Waals surface area contributed by atoms with Crippen LogP contribution in [0.15, 0.2) is 54.6 Å². The molecule has 24 heavy (non-hydrogen) atoms. The molecule has 0 aliphatic carbocycles. The molecule has 2 rings (SSSR count). The second-order valence-corrected chi connectivity index (χ2v) is 5.54. The quantitative estimate of drug-likeness (QED) is 0.721. The number of nitrogens with one attached hydrogen (secondary N) is 1. The molecule has 0 radical (unpaired) electrons. The molecule has 0 unspecified atom stereocenters. The number of benzene rings is 2. The van der Waals surface area contributed by atoms with Crippen molar-refractivity contribution in [1.29, 1.82) is 0 Å². The molecule has 0 spiro atoms. The summed E-state index contributed by atoms with van der Waals surface area (Å²) in [5.41, 5.74) is 8.26. The van der Waals surface area contributed by atoms with Crippen LogP contribution in [0.1, 0.15) is 17.5 Å². The first-order valence-corrected chi connectivity index (χ1v) is 7.89. The Labute approximate surface area is 149 Å². The monoisotopic (exact) mass is 348 g/mol. The first-order valence-electron chi connectivity index (χ1n) is 7.89. The average molecular weight is 349 g/mol. The summed E-state index contributed by atoms with van der Waals surface area (Å²) >= 11 is 0. The van der Waals surface area contributed by atoms with Gasteiger partial charge >= 0.3 is 0 Å². The van der Waals surface area contributed by atoms with Gasteiger partial charge in [-0.15, -0.1) is 12.4 Å². The summed E-state index contributed by atoms with van der Waals surface area (Å²) in [7, 11) is 1.66. The van der Waals surface area contributed by atoms with E-state index in [1.165, 1.54) is 5.56 Å². The maximum atomic E-state index is 12.0. The van der Waals surface area contributed by atoms with Crippen LogP contribution in [0.5, 0.6) is 5.75 Å². The highest BCUT2D eigenvalue weighted by Crippen LogP contribution is 2.12. The van der Waals surface area contributed by atoms with E-state index >= 15 is 0 Å². The van der Waals surface area contributed by atoms with Crippen molar-refractivity contribution in [2.75, 3.05) is 13.7 Å². The Hall–Kier alpha value is -2.04. The number of carbonyl (C=O) groups excluding carboxylic acids is 1. The number of carbonyl (C=O) groups is 1. The molecule has 0 aliphatic heterocycles. The first kappa shape index (κ1) is 20.0. The zero-order chi connectivity index (χ0) is 16.5. The summed E-state index contributed by atoms with van der Waals surface area (Å²) < 4.78 is 5.13. The molecule has 0 saturated heterocycles. The van der Waals surface area contributed by atoms with E-state index < -0.39 is 6.04 Å². The summed E-state index contributed by atoms with van der Waals surface area (Å²) in [6.07, 6.45) is 2.36. The molecule has 0 aliphatic rings. The fourth-order valence-corrected chi connectivity index (χ4v) is 2.39. The van der Waals surface area contributed by atoms with Crippen molar-refractivity contribution in [3.05, 3.63) is 65.7 Å². The third-order valence-electron chi connectivity index (χ3n) is 3.74. The fourth-order valence-electron chi connectivity index (χ4n) is 2.39. The van der Waals surface area contributed by atoms with Crippen molar-refractivity contribution in [3.63, 3.8) is 0 Å². The van der Waals surface area contributed by atoms with Crippen LogP contribution in [0.2, 0.25) is 0 Å². The van der Waals surface area contributed by atoms with Crippen molar-refractivity contribution in [2.24, 2.45) is 5.73 Å². The van der Waals surface area contributed by atoms with Crippen LogP contribution in [-0.4, -0.2) is 25.6 Å². The number of hydrogen-bond acceptors (Lipinski definition) is 3. The summed E-state index contributed by atoms with van der Waals surface area (Å²) in [5.74, 6) is 0.762. The van der Waals surface area contributed by atoms with Gasteiger partial charge in [0.25, 0.3) is 0 Å². The molecule has 0 saturated carbocycles. The van der Waals surface area contributed by atoms with Crippen LogP contribution < -0.4 is 15.8 Å². The highest BCUT2D eigenvalue weighted by molar-refractivity contribution is 5.85. The lowest BCUT2D eigenvalue weighted by molar-refractivity contribution is -0.122. The maximum absolute atomic E-state index is 12.0. The molecule has 130 valence electrons. The predicted octanol–water partition coefficient (Wildman–Crippen LogP) is 2.74. The number of ether oxygens (including phenoxy) is 1. The zero-order valence-corrected chi connectivity index (χ0v) is 14.7. The van der Waals surface area contributed by atoms with E-state index in [1.807, 2.05) is 54.6 Å². The molecule has 3 N–H and O–H groups in total. The van der Waals surface area contributed by atoms with Gasteiger partial charge < -0.3 is 15.8 Å². The molecule has 2 aromatic rings. The Morgan fingerprint density at radius 3 is 2.38 bits per heavy atom. The average Bonchev–Trinajstić information content (AvgIpc) is 2.60. The molecule has 0 aromatic heterocycles. The van der Waals surface area contributed by atoms with Crippen LogP contribution >= 0.6 is 12.4 Å². The van der Waals surface area contributed by atoms with Gasteiger partial charge in [0, 0.05) is 6.54 Å². The van der Waals surface area contributed by atoms with Crippen molar-refractivity contribution in [3.8, 4) is 5.75 Å². The van der Waals surface area contributed by atoms with Crippen LogP contribution in [0, 0.1) is 0 Å². The van der Waals surface area contributed by atoms with Gasteiger partial charge in [-0.3, -0.25) is 4.79 Å². The van der Waals surface area contributed by atoms with E-state index in [1.54, 1.807) is 7.11 Å². The number of halogens is 1. The van der Waals surface area contributed by atoms with Gasteiger partial charge in [-0.25, -0.2) is 0 Å². The summed E-state index contributed by atoms with van der Waals surface area (Å²) in [5, 5.41) is 2.91. The van der Waals surface area contributed by atoms with Crippen LogP contribution in [0.3, 0.4) is 0 Å². The third-order valence-corrected chi connectivity index (χ3v) is 3.74. The van der Waals surface area contributed by atoms with Gasteiger partial charge in [-0.1, -0.05) is 42.5 Å². The molecule has 0 heterocycles. The van der Waals surface area contributed by atoms with Crippen LogP contribution in [0.25, 0.3) is 0 Å². The largest absolute Gasteiger partial charge is 0.497 e. The number of rotatable bonds is 8. The Balaban J connectivity index is 0.00000288. The lowest BCUT2D eigenvalue weighted by Gasteiger charge is -2.12. The van der Waals surface area contributed by atoms with Gasteiger partial charge in [0.15, 0.2) is 0 Å². The standard InChI is InChI=1S/C19H24N2O2.ClH/c1-23-17-11-9-15(10-12-17)8-5-13-21-19(22)18(20)14-16-6-3-2-4-7-16;/h2-4,6-7,9-12,18H,5,8,13-14,20H2,1H3,(H,21,22);1H/t18-;/m0./s1. The van der Waals surface area contributed by atoms with Crippen molar-refractivity contribution >= 4 is 18.3 Å². The Kier molecular flexibility index (Phi) is 8.90. The Morgan fingerprint density at radius 2 is 1.75 bits per heavy atom.